The molecule has 7 nitrogen and oxygen atoms in total. The molecule has 0 atom stereocenters. The van der Waals surface area contributed by atoms with E-state index >= 15 is 0 Å². The molecule has 0 saturated heterocycles. The number of carbonyl (C=O) groups excluding carboxylic acids is 1. The van der Waals surface area contributed by atoms with E-state index in [9.17, 15) is 4.79 Å². The summed E-state index contributed by atoms with van der Waals surface area (Å²) < 4.78 is 11.1. The van der Waals surface area contributed by atoms with Gasteiger partial charge in [0.1, 0.15) is 17.0 Å². The second-order valence-corrected chi connectivity index (χ2v) is 7.66. The van der Waals surface area contributed by atoms with Crippen LogP contribution in [0.25, 0.3) is 34.2 Å². The van der Waals surface area contributed by atoms with Crippen LogP contribution in [0.2, 0.25) is 5.02 Å². The lowest BCUT2D eigenvalue weighted by Crippen LogP contribution is -2.13. The lowest BCUT2D eigenvalue weighted by Gasteiger charge is -2.07. The monoisotopic (exact) mass is 456 g/mol. The summed E-state index contributed by atoms with van der Waals surface area (Å²) in [6.07, 6.45) is 0. The van der Waals surface area contributed by atoms with Crippen molar-refractivity contribution in [1.82, 2.24) is 15.4 Å². The zero-order valence-electron chi connectivity index (χ0n) is 17.4. The van der Waals surface area contributed by atoms with E-state index in [1.807, 2.05) is 42.5 Å². The Morgan fingerprint density at radius 2 is 1.48 bits per heavy atom. The van der Waals surface area contributed by atoms with Gasteiger partial charge in [-0.15, -0.1) is 10.2 Å². The van der Waals surface area contributed by atoms with Crippen molar-refractivity contribution in [3.05, 3.63) is 95.2 Å². The summed E-state index contributed by atoms with van der Waals surface area (Å²) >= 11 is 6.29. The van der Waals surface area contributed by atoms with Gasteiger partial charge in [-0.3, -0.25) is 4.79 Å². The van der Waals surface area contributed by atoms with Crippen LogP contribution in [0.4, 0.5) is 5.69 Å². The molecule has 0 saturated carbocycles. The van der Waals surface area contributed by atoms with Crippen LogP contribution in [-0.2, 0) is 0 Å². The normalized spacial score (nSPS) is 10.8. The number of aryl methyl sites for hydroxylation is 1. The Kier molecular flexibility index (Phi) is 5.46. The first kappa shape index (κ1) is 20.7. The summed E-state index contributed by atoms with van der Waals surface area (Å²) in [5, 5.41) is 15.6. The van der Waals surface area contributed by atoms with Gasteiger partial charge in [0.2, 0.25) is 11.8 Å². The molecule has 33 heavy (non-hydrogen) atoms. The van der Waals surface area contributed by atoms with Crippen LogP contribution in [0.1, 0.15) is 16.1 Å². The molecule has 0 aliphatic carbocycles. The number of hydrogen-bond donors (Lipinski definition) is 1. The molecule has 0 spiro atoms. The molecule has 8 heteroatoms. The number of anilines is 1. The summed E-state index contributed by atoms with van der Waals surface area (Å²) in [4.78, 5) is 13.0. The van der Waals surface area contributed by atoms with Crippen LogP contribution >= 0.6 is 11.6 Å². The Hall–Kier alpha value is -4.23. The highest BCUT2D eigenvalue weighted by Crippen LogP contribution is 2.32. The molecule has 0 unspecified atom stereocenters. The molecule has 0 bridgehead atoms. The highest BCUT2D eigenvalue weighted by molar-refractivity contribution is 6.33. The first-order valence-electron chi connectivity index (χ1n) is 10.1. The van der Waals surface area contributed by atoms with Gasteiger partial charge in [-0.25, -0.2) is 0 Å². The van der Waals surface area contributed by atoms with E-state index in [4.69, 9.17) is 20.5 Å². The zero-order valence-corrected chi connectivity index (χ0v) is 18.2. The van der Waals surface area contributed by atoms with Crippen molar-refractivity contribution >= 4 is 23.2 Å². The minimum atomic E-state index is -0.347. The van der Waals surface area contributed by atoms with Crippen molar-refractivity contribution in [2.75, 3.05) is 5.32 Å². The number of halogens is 1. The molecule has 0 fully saturated rings. The van der Waals surface area contributed by atoms with Crippen LogP contribution < -0.4 is 5.32 Å². The average Bonchev–Trinajstić information content (AvgIpc) is 3.48. The van der Waals surface area contributed by atoms with Crippen LogP contribution in [0.15, 0.2) is 87.8 Å². The lowest BCUT2D eigenvalue weighted by molar-refractivity contribution is 0.102. The minimum absolute atomic E-state index is 0.330. The third-order valence-corrected chi connectivity index (χ3v) is 5.38. The molecule has 0 radical (unpaired) electrons. The smallest absolute Gasteiger partial charge is 0.261 e. The summed E-state index contributed by atoms with van der Waals surface area (Å²) in [5.41, 5.74) is 3.53. The van der Waals surface area contributed by atoms with Crippen molar-refractivity contribution in [3.8, 4) is 34.2 Å². The van der Waals surface area contributed by atoms with E-state index < -0.39 is 0 Å². The first-order chi connectivity index (χ1) is 16.1. The van der Waals surface area contributed by atoms with E-state index in [1.165, 1.54) is 0 Å². The van der Waals surface area contributed by atoms with Crippen LogP contribution in [0, 0.1) is 6.92 Å². The molecule has 3 aromatic carbocycles. The van der Waals surface area contributed by atoms with Crippen LogP contribution in [0.3, 0.4) is 0 Å². The molecule has 2 heterocycles. The second-order valence-electron chi connectivity index (χ2n) is 7.25. The molecule has 1 amide bonds. The second kappa shape index (κ2) is 8.72. The Labute approximate surface area is 194 Å². The molecule has 2 aromatic heterocycles. The molecule has 0 aliphatic heterocycles. The number of hydrogen-bond acceptors (Lipinski definition) is 6. The summed E-state index contributed by atoms with van der Waals surface area (Å²) in [6.45, 7) is 1.69. The molecular weight excluding hydrogens is 440 g/mol. The summed E-state index contributed by atoms with van der Waals surface area (Å²) in [5.74, 6) is 0.888. The van der Waals surface area contributed by atoms with E-state index in [0.29, 0.717) is 45.1 Å². The third-order valence-electron chi connectivity index (χ3n) is 5.05. The topological polar surface area (TPSA) is 94.1 Å². The Balaban J connectivity index is 1.36. The van der Waals surface area contributed by atoms with Gasteiger partial charge in [-0.2, -0.15) is 0 Å². The molecule has 162 valence electrons. The van der Waals surface area contributed by atoms with Gasteiger partial charge in [-0.1, -0.05) is 53.2 Å². The van der Waals surface area contributed by atoms with Gasteiger partial charge in [0.25, 0.3) is 5.91 Å². The standard InChI is InChI=1S/C25H17ClN4O3/c1-15-21(22(30-33-15)19-9-5-6-10-20(19)26)23(31)27-18-13-11-17(12-14-18)25-29-28-24(32-25)16-7-3-2-4-8-16/h2-14H,1H3,(H,27,31). The van der Waals surface area contributed by atoms with Gasteiger partial charge in [0, 0.05) is 22.4 Å². The number of nitrogens with one attached hydrogen (secondary N) is 1. The Morgan fingerprint density at radius 3 is 2.18 bits per heavy atom. The minimum Gasteiger partial charge on any atom is -0.416 e. The van der Waals surface area contributed by atoms with E-state index in [0.717, 1.165) is 11.1 Å². The summed E-state index contributed by atoms with van der Waals surface area (Å²) in [7, 11) is 0. The molecular formula is C25H17ClN4O3. The van der Waals surface area contributed by atoms with Crippen LogP contribution in [-0.4, -0.2) is 21.3 Å². The van der Waals surface area contributed by atoms with Crippen molar-refractivity contribution in [2.24, 2.45) is 0 Å². The van der Waals surface area contributed by atoms with E-state index in [2.05, 4.69) is 20.7 Å². The maximum absolute atomic E-state index is 13.0. The number of carbonyl (C=O) groups is 1. The largest absolute Gasteiger partial charge is 0.416 e. The predicted molar refractivity (Wildman–Crippen MR) is 125 cm³/mol. The average molecular weight is 457 g/mol. The Bertz CT molecular complexity index is 1430. The number of nitrogens with zero attached hydrogens (tertiary/aromatic N) is 3. The van der Waals surface area contributed by atoms with Gasteiger partial charge >= 0.3 is 0 Å². The quantitative estimate of drug-likeness (QED) is 0.335. The van der Waals surface area contributed by atoms with Gasteiger partial charge < -0.3 is 14.3 Å². The van der Waals surface area contributed by atoms with Gasteiger partial charge in [-0.05, 0) is 49.4 Å². The Morgan fingerprint density at radius 1 is 0.848 bits per heavy atom. The van der Waals surface area contributed by atoms with Gasteiger partial charge in [0.15, 0.2) is 0 Å². The van der Waals surface area contributed by atoms with E-state index in [-0.39, 0.29) is 5.91 Å². The number of benzene rings is 3. The predicted octanol–water partition coefficient (Wildman–Crippen LogP) is 6.27. The molecule has 0 aliphatic rings. The van der Waals surface area contributed by atoms with Crippen molar-refractivity contribution < 1.29 is 13.7 Å². The zero-order chi connectivity index (χ0) is 22.8. The third kappa shape index (κ3) is 4.14. The first-order valence-corrected chi connectivity index (χ1v) is 10.5. The van der Waals surface area contributed by atoms with Gasteiger partial charge in [0.05, 0.1) is 5.02 Å². The highest BCUT2D eigenvalue weighted by Gasteiger charge is 2.23. The molecule has 5 rings (SSSR count). The van der Waals surface area contributed by atoms with Crippen molar-refractivity contribution in [2.45, 2.75) is 6.92 Å². The fourth-order valence-corrected chi connectivity index (χ4v) is 3.63. The SMILES string of the molecule is Cc1onc(-c2ccccc2Cl)c1C(=O)Nc1ccc(-c2nnc(-c3ccccc3)o2)cc1. The van der Waals surface area contributed by atoms with Crippen molar-refractivity contribution in [3.63, 3.8) is 0 Å². The lowest BCUT2D eigenvalue weighted by atomic mass is 10.1. The highest BCUT2D eigenvalue weighted by atomic mass is 35.5. The maximum Gasteiger partial charge on any atom is 0.261 e. The number of aromatic nitrogens is 3. The summed E-state index contributed by atoms with van der Waals surface area (Å²) in [6, 6.07) is 23.8. The van der Waals surface area contributed by atoms with Crippen LogP contribution in [0.5, 0.6) is 0 Å². The molecule has 1 N–H and O–H groups in total. The van der Waals surface area contributed by atoms with Crippen molar-refractivity contribution in [1.29, 1.82) is 0 Å². The fraction of sp³-hybridized carbons (Fsp3) is 0.0400. The molecule has 5 aromatic rings. The van der Waals surface area contributed by atoms with E-state index in [1.54, 1.807) is 43.3 Å². The number of rotatable bonds is 5. The number of amides is 1. The maximum atomic E-state index is 13.0. The fourth-order valence-electron chi connectivity index (χ4n) is 3.40.